The molecule has 27 heavy (non-hydrogen) atoms. The van der Waals surface area contributed by atoms with Crippen molar-refractivity contribution in [2.75, 3.05) is 7.05 Å². The number of hydrogen-bond acceptors (Lipinski definition) is 4. The van der Waals surface area contributed by atoms with Crippen LogP contribution in [0.3, 0.4) is 0 Å². The summed E-state index contributed by atoms with van der Waals surface area (Å²) < 4.78 is 0. The molecule has 0 aromatic heterocycles. The number of carboxylic acids is 2. The zero-order valence-corrected chi connectivity index (χ0v) is 19.5. The van der Waals surface area contributed by atoms with Crippen molar-refractivity contribution >= 4 is 17.8 Å². The number of carboxylic acid groups (broad SMARTS) is 2. The molecule has 0 spiro atoms. The zero-order valence-electron chi connectivity index (χ0n) is 17.5. The fraction of sp³-hybridized carbons (Fsp3) is 0.850. The smallest absolute Gasteiger partial charge is 0.548 e. The quantitative estimate of drug-likeness (QED) is 0.280. The van der Waals surface area contributed by atoms with Gasteiger partial charge in [0, 0.05) is 13.5 Å². The van der Waals surface area contributed by atoms with Crippen molar-refractivity contribution < 1.29 is 54.2 Å². The van der Waals surface area contributed by atoms with Crippen molar-refractivity contribution in [1.29, 1.82) is 0 Å². The molecule has 0 bridgehead atoms. The molecule has 0 unspecified atom stereocenters. The van der Waals surface area contributed by atoms with Gasteiger partial charge in [0.2, 0.25) is 5.91 Å². The van der Waals surface area contributed by atoms with Crippen LogP contribution in [0.4, 0.5) is 0 Å². The van der Waals surface area contributed by atoms with E-state index in [-0.39, 0.29) is 41.9 Å². The van der Waals surface area contributed by atoms with Crippen molar-refractivity contribution in [2.45, 2.75) is 103 Å². The van der Waals surface area contributed by atoms with Gasteiger partial charge in [-0.3, -0.25) is 9.59 Å². The van der Waals surface area contributed by atoms with Gasteiger partial charge in [-0.15, -0.1) is 0 Å². The van der Waals surface area contributed by atoms with Gasteiger partial charge >= 0.3 is 35.5 Å². The molecular weight excluding hydrogens is 357 g/mol. The second kappa shape index (κ2) is 18.8. The third kappa shape index (κ3) is 16.1. The molecule has 1 atom stereocenters. The van der Waals surface area contributed by atoms with E-state index in [0.717, 1.165) is 17.7 Å². The summed E-state index contributed by atoms with van der Waals surface area (Å²) in [6, 6.07) is -1.41. The van der Waals surface area contributed by atoms with Crippen molar-refractivity contribution in [3.05, 3.63) is 0 Å². The summed E-state index contributed by atoms with van der Waals surface area (Å²) in [4.78, 5) is 34.7. The molecule has 0 heterocycles. The van der Waals surface area contributed by atoms with Gasteiger partial charge in [0.1, 0.15) is 0 Å². The number of carbonyl (C=O) groups excluding carboxylic acids is 2. The van der Waals surface area contributed by atoms with Crippen LogP contribution in [-0.2, 0) is 14.4 Å². The summed E-state index contributed by atoms with van der Waals surface area (Å²) in [6.45, 7) is 2.23. The van der Waals surface area contributed by atoms with Crippen LogP contribution in [0.15, 0.2) is 0 Å². The number of hydrogen-bond donors (Lipinski definition) is 1. The van der Waals surface area contributed by atoms with Crippen molar-refractivity contribution in [2.24, 2.45) is 0 Å². The first-order valence-electron chi connectivity index (χ1n) is 10.1. The van der Waals surface area contributed by atoms with Gasteiger partial charge in [0.05, 0.1) is 18.4 Å². The van der Waals surface area contributed by atoms with Crippen LogP contribution in [-0.4, -0.2) is 40.9 Å². The molecule has 1 amide bonds. The molecule has 0 saturated carbocycles. The Balaban J connectivity index is 0. The van der Waals surface area contributed by atoms with E-state index in [0.29, 0.717) is 6.42 Å². The van der Waals surface area contributed by atoms with E-state index in [1.54, 1.807) is 0 Å². The first kappa shape index (κ1) is 28.6. The number of rotatable bonds is 17. The van der Waals surface area contributed by atoms with E-state index in [1.165, 1.54) is 64.8 Å². The molecule has 0 saturated heterocycles. The second-order valence-corrected chi connectivity index (χ2v) is 7.08. The maximum absolute atomic E-state index is 12.0. The zero-order chi connectivity index (χ0) is 19.8. The predicted molar refractivity (Wildman–Crippen MR) is 99.5 cm³/mol. The van der Waals surface area contributed by atoms with Gasteiger partial charge in [0.15, 0.2) is 0 Å². The van der Waals surface area contributed by atoms with E-state index >= 15 is 0 Å². The van der Waals surface area contributed by atoms with Crippen molar-refractivity contribution in [1.82, 2.24) is 4.90 Å². The van der Waals surface area contributed by atoms with E-state index in [9.17, 15) is 19.5 Å². The summed E-state index contributed by atoms with van der Waals surface area (Å²) in [5.41, 5.74) is 0. The third-order valence-electron chi connectivity index (χ3n) is 4.75. The number of nitrogens with zero attached hydrogens (tertiary/aromatic N) is 1. The summed E-state index contributed by atoms with van der Waals surface area (Å²) in [5, 5.41) is 19.7. The SMILES string of the molecule is CCCCCCCCCCCCCCC(=O)N(C)[C@@H](CC(=O)O)C(=O)[O-].[Na+]. The number of aliphatic carboxylic acids is 2. The molecular formula is C20H36NNaO5. The van der Waals surface area contributed by atoms with Crippen LogP contribution < -0.4 is 34.7 Å². The van der Waals surface area contributed by atoms with Crippen LogP contribution in [0.2, 0.25) is 0 Å². The van der Waals surface area contributed by atoms with Gasteiger partial charge in [-0.05, 0) is 6.42 Å². The number of carbonyl (C=O) groups is 3. The molecule has 0 radical (unpaired) electrons. The van der Waals surface area contributed by atoms with Crippen molar-refractivity contribution in [3.8, 4) is 0 Å². The van der Waals surface area contributed by atoms with E-state index < -0.39 is 24.4 Å². The van der Waals surface area contributed by atoms with Crippen LogP contribution in [0, 0.1) is 0 Å². The third-order valence-corrected chi connectivity index (χ3v) is 4.75. The number of likely N-dealkylation sites (N-methyl/N-ethyl adjacent to an activating group) is 1. The molecule has 0 aliphatic heterocycles. The molecule has 7 heteroatoms. The predicted octanol–water partition coefficient (Wildman–Crippen LogP) is 0.133. The molecule has 0 aromatic rings. The molecule has 152 valence electrons. The summed E-state index contributed by atoms with van der Waals surface area (Å²) >= 11 is 0. The Kier molecular flexibility index (Phi) is 19.9. The summed E-state index contributed by atoms with van der Waals surface area (Å²) in [7, 11) is 1.33. The molecule has 0 aliphatic rings. The van der Waals surface area contributed by atoms with Gasteiger partial charge < -0.3 is 19.9 Å². The maximum Gasteiger partial charge on any atom is 1.00 e. The van der Waals surface area contributed by atoms with Gasteiger partial charge in [-0.1, -0.05) is 77.6 Å². The van der Waals surface area contributed by atoms with Crippen LogP contribution in [0.5, 0.6) is 0 Å². The van der Waals surface area contributed by atoms with Crippen LogP contribution in [0.25, 0.3) is 0 Å². The monoisotopic (exact) mass is 393 g/mol. The Labute approximate surface area is 186 Å². The molecule has 0 aliphatic carbocycles. The summed E-state index contributed by atoms with van der Waals surface area (Å²) in [5.74, 6) is -3.13. The number of unbranched alkanes of at least 4 members (excludes halogenated alkanes) is 11. The van der Waals surface area contributed by atoms with Crippen LogP contribution >= 0.6 is 0 Å². The topological polar surface area (TPSA) is 97.7 Å². The first-order valence-corrected chi connectivity index (χ1v) is 10.1. The van der Waals surface area contributed by atoms with E-state index in [4.69, 9.17) is 5.11 Å². The number of amides is 1. The minimum Gasteiger partial charge on any atom is -0.548 e. The average Bonchev–Trinajstić information content (AvgIpc) is 2.59. The van der Waals surface area contributed by atoms with Gasteiger partial charge in [0.25, 0.3) is 0 Å². The van der Waals surface area contributed by atoms with Gasteiger partial charge in [-0.25, -0.2) is 0 Å². The Morgan fingerprint density at radius 3 is 1.63 bits per heavy atom. The second-order valence-electron chi connectivity index (χ2n) is 7.08. The molecule has 6 nitrogen and oxygen atoms in total. The van der Waals surface area contributed by atoms with Crippen LogP contribution in [0.1, 0.15) is 96.8 Å². The Morgan fingerprint density at radius 2 is 1.26 bits per heavy atom. The average molecular weight is 394 g/mol. The molecule has 0 rings (SSSR count). The van der Waals surface area contributed by atoms with E-state index in [2.05, 4.69) is 6.92 Å². The fourth-order valence-corrected chi connectivity index (χ4v) is 3.01. The Hall–Kier alpha value is -0.590. The molecule has 0 aromatic carbocycles. The fourth-order valence-electron chi connectivity index (χ4n) is 3.01. The maximum atomic E-state index is 12.0. The normalized spacial score (nSPS) is 11.5. The standard InChI is InChI=1S/C20H37NO5.Na/c1-3-4-5-6-7-8-9-10-11-12-13-14-15-18(22)21(2)17(20(25)26)16-19(23)24;/h17H,3-16H2,1-2H3,(H,23,24)(H,25,26);/q;+1/p-1/t17-;/m0./s1. The minimum absolute atomic E-state index is 0. The minimum atomic E-state index is -1.53. The molecule has 1 N–H and O–H groups in total. The Morgan fingerprint density at radius 1 is 0.852 bits per heavy atom. The van der Waals surface area contributed by atoms with E-state index in [1.807, 2.05) is 0 Å². The largest absolute Gasteiger partial charge is 1.00 e. The Bertz CT molecular complexity index is 417. The summed E-state index contributed by atoms with van der Waals surface area (Å²) in [6.07, 6.45) is 14.0. The first-order chi connectivity index (χ1) is 12.4. The van der Waals surface area contributed by atoms with Gasteiger partial charge in [-0.2, -0.15) is 0 Å². The molecule has 0 fully saturated rings. The van der Waals surface area contributed by atoms with Crippen molar-refractivity contribution in [3.63, 3.8) is 0 Å².